The van der Waals surface area contributed by atoms with Crippen LogP contribution in [0.5, 0.6) is 0 Å². The number of amides is 1. The molecule has 4 heterocycles. The number of rotatable bonds is 5. The predicted octanol–water partition coefficient (Wildman–Crippen LogP) is 2.16. The van der Waals surface area contributed by atoms with Crippen LogP contribution >= 0.6 is 0 Å². The van der Waals surface area contributed by atoms with Gasteiger partial charge in [-0.2, -0.15) is 4.98 Å². The molecule has 3 aromatic heterocycles. The van der Waals surface area contributed by atoms with E-state index >= 15 is 0 Å². The molecule has 2 aliphatic carbocycles. The Morgan fingerprint density at radius 2 is 2.20 bits per heavy atom. The zero-order valence-corrected chi connectivity index (χ0v) is 16.8. The van der Waals surface area contributed by atoms with Gasteiger partial charge in [0.2, 0.25) is 11.8 Å². The van der Waals surface area contributed by atoms with Gasteiger partial charge in [0.1, 0.15) is 0 Å². The fraction of sp³-hybridized carbons (Fsp3) is 0.571. The lowest BCUT2D eigenvalue weighted by Gasteiger charge is -2.49. The van der Waals surface area contributed by atoms with Crippen molar-refractivity contribution >= 4 is 17.5 Å². The van der Waals surface area contributed by atoms with Gasteiger partial charge in [-0.05, 0) is 42.7 Å². The minimum atomic E-state index is 0.0525. The molecule has 1 N–H and O–H groups in total. The van der Waals surface area contributed by atoms with Gasteiger partial charge < -0.3 is 14.7 Å². The van der Waals surface area contributed by atoms with E-state index < -0.39 is 0 Å². The molecule has 156 valence electrons. The average molecular weight is 407 g/mol. The summed E-state index contributed by atoms with van der Waals surface area (Å²) in [6.07, 6.45) is 12.7. The Morgan fingerprint density at radius 3 is 3.07 bits per heavy atom. The largest absolute Gasteiger partial charge is 0.350 e. The topological polar surface area (TPSA) is 101 Å². The Morgan fingerprint density at radius 1 is 1.27 bits per heavy atom. The number of nitrogens with one attached hydrogen (secondary N) is 1. The van der Waals surface area contributed by atoms with E-state index in [-0.39, 0.29) is 11.8 Å². The molecule has 1 aliphatic heterocycles. The zero-order chi connectivity index (χ0) is 20.1. The summed E-state index contributed by atoms with van der Waals surface area (Å²) in [6, 6.07) is 0. The van der Waals surface area contributed by atoms with E-state index in [9.17, 15) is 4.79 Å². The molecule has 1 saturated heterocycles. The van der Waals surface area contributed by atoms with Crippen molar-refractivity contribution in [3.05, 3.63) is 36.4 Å². The van der Waals surface area contributed by atoms with Crippen LogP contribution in [0.2, 0.25) is 0 Å². The van der Waals surface area contributed by atoms with E-state index in [1.54, 1.807) is 18.6 Å². The van der Waals surface area contributed by atoms with Gasteiger partial charge in [-0.3, -0.25) is 14.2 Å². The summed E-state index contributed by atoms with van der Waals surface area (Å²) < 4.78 is 7.45. The van der Waals surface area contributed by atoms with Crippen molar-refractivity contribution in [2.24, 2.45) is 17.8 Å². The van der Waals surface area contributed by atoms with Gasteiger partial charge in [0.05, 0.1) is 24.6 Å². The molecule has 9 heteroatoms. The predicted molar refractivity (Wildman–Crippen MR) is 108 cm³/mol. The second kappa shape index (κ2) is 7.07. The lowest BCUT2D eigenvalue weighted by molar-refractivity contribution is -0.134. The highest BCUT2D eigenvalue weighted by atomic mass is 16.5. The Bertz CT molecular complexity index is 1070. The standard InChI is InChI=1S/C21H25N7O2/c29-19(24-10-15-9-23-18-11-22-5-7-28(15)18)16-8-14-4-6-27(12-17(14)16)21-25-20(30-26-21)13-2-1-3-13/h5,7,9,11,13-14,16-17H,1-4,6,8,10,12H2,(H,24,29)/t14-,16-,17-/m1/s1. The normalized spacial score (nSPS) is 26.1. The molecule has 3 aromatic rings. The summed E-state index contributed by atoms with van der Waals surface area (Å²) in [5.41, 5.74) is 1.74. The third kappa shape index (κ3) is 2.95. The monoisotopic (exact) mass is 407 g/mol. The van der Waals surface area contributed by atoms with Gasteiger partial charge in [0.25, 0.3) is 5.95 Å². The number of fused-ring (bicyclic) bond motifs is 2. The van der Waals surface area contributed by atoms with Gasteiger partial charge in [-0.15, -0.1) is 0 Å². The van der Waals surface area contributed by atoms with Gasteiger partial charge in [0, 0.05) is 37.3 Å². The minimum absolute atomic E-state index is 0.0525. The number of carbonyl (C=O) groups excluding carboxylic acids is 1. The van der Waals surface area contributed by atoms with Crippen LogP contribution < -0.4 is 10.2 Å². The average Bonchev–Trinajstić information content (AvgIpc) is 3.33. The fourth-order valence-corrected chi connectivity index (χ4v) is 5.08. The van der Waals surface area contributed by atoms with Crippen LogP contribution in [0.3, 0.4) is 0 Å². The number of hydrogen-bond acceptors (Lipinski definition) is 7. The number of aromatic nitrogens is 5. The number of nitrogens with zero attached hydrogens (tertiary/aromatic N) is 6. The highest BCUT2D eigenvalue weighted by Gasteiger charge is 2.48. The highest BCUT2D eigenvalue weighted by Crippen LogP contribution is 2.46. The summed E-state index contributed by atoms with van der Waals surface area (Å²) in [5, 5.41) is 7.33. The van der Waals surface area contributed by atoms with Crippen LogP contribution in [0.15, 0.2) is 29.3 Å². The van der Waals surface area contributed by atoms with Crippen molar-refractivity contribution < 1.29 is 9.32 Å². The van der Waals surface area contributed by atoms with Crippen LogP contribution in [0, 0.1) is 17.8 Å². The molecule has 0 aromatic carbocycles. The highest BCUT2D eigenvalue weighted by molar-refractivity contribution is 5.80. The molecule has 0 radical (unpaired) electrons. The van der Waals surface area contributed by atoms with E-state index in [2.05, 4.69) is 30.3 Å². The van der Waals surface area contributed by atoms with E-state index in [1.807, 2.05) is 10.6 Å². The van der Waals surface area contributed by atoms with Crippen molar-refractivity contribution in [2.75, 3.05) is 18.0 Å². The third-order valence-electron chi connectivity index (χ3n) is 7.22. The number of hydrogen-bond donors (Lipinski definition) is 1. The second-order valence-electron chi connectivity index (χ2n) is 8.83. The van der Waals surface area contributed by atoms with E-state index in [1.165, 1.54) is 6.42 Å². The first-order valence-corrected chi connectivity index (χ1v) is 10.9. The van der Waals surface area contributed by atoms with Crippen molar-refractivity contribution in [1.29, 1.82) is 0 Å². The summed E-state index contributed by atoms with van der Waals surface area (Å²) in [5.74, 6) is 3.08. The molecule has 6 rings (SSSR count). The van der Waals surface area contributed by atoms with Crippen molar-refractivity contribution in [2.45, 2.75) is 44.6 Å². The molecule has 0 unspecified atom stereocenters. The molecular weight excluding hydrogens is 382 g/mol. The van der Waals surface area contributed by atoms with Crippen molar-refractivity contribution in [3.8, 4) is 0 Å². The van der Waals surface area contributed by atoms with Crippen LogP contribution in [-0.4, -0.2) is 43.5 Å². The SMILES string of the molecule is O=C(NCc1cnc2cnccn12)[C@@H]1C[C@H]2CCN(c3noc(C4CCC4)n3)C[C@H]21. The van der Waals surface area contributed by atoms with Gasteiger partial charge >= 0.3 is 0 Å². The van der Waals surface area contributed by atoms with E-state index in [0.717, 1.165) is 56.0 Å². The summed E-state index contributed by atoms with van der Waals surface area (Å²) in [7, 11) is 0. The Kier molecular flexibility index (Phi) is 4.21. The summed E-state index contributed by atoms with van der Waals surface area (Å²) in [4.78, 5) is 28.1. The first-order valence-electron chi connectivity index (χ1n) is 10.9. The molecule has 9 nitrogen and oxygen atoms in total. The molecule has 3 fully saturated rings. The maximum Gasteiger partial charge on any atom is 0.266 e. The maximum atomic E-state index is 12.9. The molecule has 3 aliphatic rings. The molecule has 2 saturated carbocycles. The lowest BCUT2D eigenvalue weighted by Crippen LogP contribution is -2.55. The third-order valence-corrected chi connectivity index (χ3v) is 7.22. The van der Waals surface area contributed by atoms with Crippen LogP contribution in [-0.2, 0) is 11.3 Å². The molecule has 30 heavy (non-hydrogen) atoms. The van der Waals surface area contributed by atoms with E-state index in [0.29, 0.717) is 30.2 Å². The van der Waals surface area contributed by atoms with E-state index in [4.69, 9.17) is 4.52 Å². The van der Waals surface area contributed by atoms with Crippen LogP contribution in [0.25, 0.3) is 5.65 Å². The first-order chi connectivity index (χ1) is 14.8. The number of carbonyl (C=O) groups is 1. The molecular formula is C21H25N7O2. The first kappa shape index (κ1) is 17.9. The molecule has 1 amide bonds. The lowest BCUT2D eigenvalue weighted by atomic mass is 9.61. The second-order valence-corrected chi connectivity index (χ2v) is 8.83. The Hall–Kier alpha value is -2.97. The minimum Gasteiger partial charge on any atom is -0.350 e. The fourth-order valence-electron chi connectivity index (χ4n) is 5.08. The molecule has 3 atom stereocenters. The zero-order valence-electron chi connectivity index (χ0n) is 16.8. The summed E-state index contributed by atoms with van der Waals surface area (Å²) in [6.45, 7) is 2.24. The molecule has 0 bridgehead atoms. The Balaban J connectivity index is 1.08. The van der Waals surface area contributed by atoms with Gasteiger partial charge in [-0.1, -0.05) is 6.42 Å². The number of piperidine rings is 1. The Labute approximate surface area is 173 Å². The maximum absolute atomic E-state index is 12.9. The van der Waals surface area contributed by atoms with Crippen LogP contribution in [0.1, 0.15) is 49.6 Å². The number of anilines is 1. The number of imidazole rings is 1. The van der Waals surface area contributed by atoms with Crippen LogP contribution in [0.4, 0.5) is 5.95 Å². The summed E-state index contributed by atoms with van der Waals surface area (Å²) >= 11 is 0. The van der Waals surface area contributed by atoms with Gasteiger partial charge in [-0.25, -0.2) is 4.98 Å². The quantitative estimate of drug-likeness (QED) is 0.691. The van der Waals surface area contributed by atoms with Crippen molar-refractivity contribution in [3.63, 3.8) is 0 Å². The van der Waals surface area contributed by atoms with Gasteiger partial charge in [0.15, 0.2) is 5.65 Å². The smallest absolute Gasteiger partial charge is 0.266 e. The van der Waals surface area contributed by atoms with Crippen molar-refractivity contribution in [1.82, 2.24) is 29.8 Å². The molecule has 0 spiro atoms.